The summed E-state index contributed by atoms with van der Waals surface area (Å²) >= 11 is 0. The molecule has 0 radical (unpaired) electrons. The summed E-state index contributed by atoms with van der Waals surface area (Å²) in [6, 6.07) is 10.0. The first kappa shape index (κ1) is 12.7. The molecule has 1 heterocycles. The molecule has 4 aliphatic carbocycles. The lowest BCUT2D eigenvalue weighted by atomic mass is 9.54. The van der Waals surface area contributed by atoms with Gasteiger partial charge in [0.1, 0.15) is 5.58 Å². The van der Waals surface area contributed by atoms with Gasteiger partial charge in [-0.2, -0.15) is 0 Å². The van der Waals surface area contributed by atoms with Gasteiger partial charge in [-0.15, -0.1) is 0 Å². The van der Waals surface area contributed by atoms with Crippen LogP contribution >= 0.6 is 0 Å². The predicted molar refractivity (Wildman–Crippen MR) is 84.5 cm³/mol. The van der Waals surface area contributed by atoms with Crippen LogP contribution in [-0.4, -0.2) is 11.9 Å². The molecule has 0 atom stereocenters. The summed E-state index contributed by atoms with van der Waals surface area (Å²) in [4.78, 5) is 12.6. The molecule has 4 bridgehead atoms. The first-order valence-corrected chi connectivity index (χ1v) is 8.55. The summed E-state index contributed by atoms with van der Waals surface area (Å²) in [6.45, 7) is 0. The molecular weight excluding hydrogens is 274 g/mol. The number of carbonyl (C=O) groups is 1. The molecule has 3 nitrogen and oxygen atoms in total. The number of hydrogen-bond donors (Lipinski definition) is 1. The van der Waals surface area contributed by atoms with Gasteiger partial charge in [-0.1, -0.05) is 18.2 Å². The Hall–Kier alpha value is -1.77. The minimum atomic E-state index is -0.0336. The van der Waals surface area contributed by atoms with E-state index in [2.05, 4.69) is 5.32 Å². The Bertz CT molecular complexity index is 671. The van der Waals surface area contributed by atoms with Gasteiger partial charge >= 0.3 is 0 Å². The summed E-state index contributed by atoms with van der Waals surface area (Å²) < 4.78 is 5.71. The second kappa shape index (κ2) is 4.61. The third-order valence-electron chi connectivity index (χ3n) is 6.17. The molecule has 1 aromatic carbocycles. The van der Waals surface area contributed by atoms with Crippen molar-refractivity contribution in [1.82, 2.24) is 5.32 Å². The van der Waals surface area contributed by atoms with E-state index >= 15 is 0 Å². The Morgan fingerprint density at radius 1 is 1.00 bits per heavy atom. The highest BCUT2D eigenvalue weighted by Gasteiger charge is 2.48. The van der Waals surface area contributed by atoms with Crippen molar-refractivity contribution in [2.24, 2.45) is 23.7 Å². The fraction of sp³-hybridized carbons (Fsp3) is 0.526. The highest BCUT2D eigenvalue weighted by atomic mass is 16.3. The maximum absolute atomic E-state index is 12.6. The molecule has 0 aliphatic heterocycles. The predicted octanol–water partition coefficient (Wildman–Crippen LogP) is 3.99. The lowest BCUT2D eigenvalue weighted by Gasteiger charge is -2.54. The van der Waals surface area contributed by atoms with E-state index in [1.54, 1.807) is 0 Å². The molecule has 4 fully saturated rings. The molecule has 3 heteroatoms. The molecule has 0 unspecified atom stereocenters. The first-order valence-electron chi connectivity index (χ1n) is 8.55. The molecule has 2 aromatic rings. The zero-order valence-electron chi connectivity index (χ0n) is 12.6. The number of hydrogen-bond acceptors (Lipinski definition) is 2. The molecule has 0 saturated heterocycles. The molecule has 114 valence electrons. The monoisotopic (exact) mass is 295 g/mol. The van der Waals surface area contributed by atoms with Gasteiger partial charge in [-0.25, -0.2) is 0 Å². The van der Waals surface area contributed by atoms with Crippen LogP contribution < -0.4 is 5.32 Å². The first-order chi connectivity index (χ1) is 10.8. The Kier molecular flexibility index (Phi) is 2.67. The number of para-hydroxylation sites is 1. The molecule has 4 aliphatic rings. The van der Waals surface area contributed by atoms with Crippen LogP contribution in [0.5, 0.6) is 0 Å². The van der Waals surface area contributed by atoms with Crippen LogP contribution in [0.3, 0.4) is 0 Å². The van der Waals surface area contributed by atoms with E-state index in [0.717, 1.165) is 22.8 Å². The number of fused-ring (bicyclic) bond motifs is 1. The van der Waals surface area contributed by atoms with E-state index < -0.39 is 0 Å². The zero-order valence-corrected chi connectivity index (χ0v) is 12.6. The molecule has 0 spiro atoms. The normalized spacial score (nSPS) is 35.9. The van der Waals surface area contributed by atoms with Crippen molar-refractivity contribution in [3.63, 3.8) is 0 Å². The highest BCUT2D eigenvalue weighted by molar-refractivity contribution is 5.96. The van der Waals surface area contributed by atoms with Crippen molar-refractivity contribution >= 4 is 16.9 Å². The average molecular weight is 295 g/mol. The van der Waals surface area contributed by atoms with Gasteiger partial charge in [0.2, 0.25) is 0 Å². The van der Waals surface area contributed by atoms with E-state index in [0.29, 0.717) is 23.6 Å². The van der Waals surface area contributed by atoms with Crippen LogP contribution in [0.2, 0.25) is 0 Å². The van der Waals surface area contributed by atoms with Gasteiger partial charge in [0.15, 0.2) is 5.76 Å². The number of nitrogens with one attached hydrogen (secondary N) is 1. The maximum Gasteiger partial charge on any atom is 0.287 e. The van der Waals surface area contributed by atoms with Crippen molar-refractivity contribution in [2.75, 3.05) is 0 Å². The number of amides is 1. The second-order valence-corrected chi connectivity index (χ2v) is 7.58. The lowest BCUT2D eigenvalue weighted by molar-refractivity contribution is -0.0122. The van der Waals surface area contributed by atoms with Gasteiger partial charge in [0.25, 0.3) is 5.91 Å². The second-order valence-electron chi connectivity index (χ2n) is 7.58. The van der Waals surface area contributed by atoms with Crippen molar-refractivity contribution in [3.05, 3.63) is 36.1 Å². The largest absolute Gasteiger partial charge is 0.451 e. The Labute approximate surface area is 130 Å². The summed E-state index contributed by atoms with van der Waals surface area (Å²) in [5.41, 5.74) is 0.790. The van der Waals surface area contributed by atoms with Crippen LogP contribution in [0.4, 0.5) is 0 Å². The summed E-state index contributed by atoms with van der Waals surface area (Å²) in [5, 5.41) is 4.30. The van der Waals surface area contributed by atoms with Crippen molar-refractivity contribution in [2.45, 2.75) is 38.1 Å². The van der Waals surface area contributed by atoms with Gasteiger partial charge in [0, 0.05) is 11.4 Å². The Morgan fingerprint density at radius 2 is 1.68 bits per heavy atom. The van der Waals surface area contributed by atoms with E-state index in [9.17, 15) is 4.79 Å². The van der Waals surface area contributed by atoms with Crippen molar-refractivity contribution in [1.29, 1.82) is 0 Å². The quantitative estimate of drug-likeness (QED) is 0.910. The van der Waals surface area contributed by atoms with Crippen molar-refractivity contribution in [3.8, 4) is 0 Å². The van der Waals surface area contributed by atoms with E-state index in [-0.39, 0.29) is 5.91 Å². The van der Waals surface area contributed by atoms with E-state index in [4.69, 9.17) is 4.42 Å². The van der Waals surface area contributed by atoms with Gasteiger partial charge in [0.05, 0.1) is 0 Å². The van der Waals surface area contributed by atoms with Crippen LogP contribution in [0, 0.1) is 23.7 Å². The molecule has 1 N–H and O–H groups in total. The maximum atomic E-state index is 12.6. The minimum Gasteiger partial charge on any atom is -0.451 e. The number of rotatable bonds is 2. The summed E-state index contributed by atoms with van der Waals surface area (Å²) in [6.07, 6.45) is 6.71. The molecule has 1 aromatic heterocycles. The highest BCUT2D eigenvalue weighted by Crippen LogP contribution is 2.53. The molecule has 1 amide bonds. The Morgan fingerprint density at radius 3 is 2.36 bits per heavy atom. The van der Waals surface area contributed by atoms with Gasteiger partial charge < -0.3 is 9.73 Å². The van der Waals surface area contributed by atoms with Crippen LogP contribution in [-0.2, 0) is 0 Å². The molecular formula is C19H21NO2. The fourth-order valence-corrected chi connectivity index (χ4v) is 5.48. The topological polar surface area (TPSA) is 42.2 Å². The standard InChI is InChI=1S/C19H21NO2/c21-19(17-10-13-3-1-2-4-16(13)22-17)20-18-14-6-11-5-12(8-14)9-15(18)7-11/h1-4,10-12,14-15,18H,5-9H2,(H,20,21). The summed E-state index contributed by atoms with van der Waals surface area (Å²) in [5.74, 6) is 3.68. The third kappa shape index (κ3) is 1.91. The van der Waals surface area contributed by atoms with Crippen LogP contribution in [0.1, 0.15) is 42.7 Å². The lowest BCUT2D eigenvalue weighted by Crippen LogP contribution is -2.55. The number of furan rings is 1. The van der Waals surface area contributed by atoms with Crippen LogP contribution in [0.25, 0.3) is 11.0 Å². The Balaban J connectivity index is 1.38. The molecule has 6 rings (SSSR count). The third-order valence-corrected chi connectivity index (χ3v) is 6.17. The number of carbonyl (C=O) groups excluding carboxylic acids is 1. The fourth-order valence-electron chi connectivity index (χ4n) is 5.48. The molecule has 22 heavy (non-hydrogen) atoms. The van der Waals surface area contributed by atoms with Crippen molar-refractivity contribution < 1.29 is 9.21 Å². The SMILES string of the molecule is O=C(NC1C2CC3CC(C2)CC1C3)c1cc2ccccc2o1. The number of benzene rings is 1. The zero-order chi connectivity index (χ0) is 14.7. The minimum absolute atomic E-state index is 0.0336. The van der Waals surface area contributed by atoms with Gasteiger partial charge in [-0.3, -0.25) is 4.79 Å². The smallest absolute Gasteiger partial charge is 0.287 e. The summed E-state index contributed by atoms with van der Waals surface area (Å²) in [7, 11) is 0. The average Bonchev–Trinajstić information content (AvgIpc) is 2.94. The van der Waals surface area contributed by atoms with Gasteiger partial charge in [-0.05, 0) is 67.9 Å². The van der Waals surface area contributed by atoms with E-state index in [1.807, 2.05) is 30.3 Å². The van der Waals surface area contributed by atoms with Crippen LogP contribution in [0.15, 0.2) is 34.7 Å². The van der Waals surface area contributed by atoms with E-state index in [1.165, 1.54) is 32.1 Å². The molecule has 4 saturated carbocycles.